The summed E-state index contributed by atoms with van der Waals surface area (Å²) in [6.45, 7) is 7.11. The van der Waals surface area contributed by atoms with Gasteiger partial charge in [0.05, 0.1) is 27.9 Å². The van der Waals surface area contributed by atoms with E-state index >= 15 is 0 Å². The number of hydrogen-bond donors (Lipinski definition) is 3. The first kappa shape index (κ1) is 30.5. The van der Waals surface area contributed by atoms with Crippen LogP contribution in [0.3, 0.4) is 0 Å². The third-order valence-electron chi connectivity index (χ3n) is 7.92. The van der Waals surface area contributed by atoms with Gasteiger partial charge in [0.15, 0.2) is 9.84 Å². The predicted molar refractivity (Wildman–Crippen MR) is 147 cm³/mol. The highest BCUT2D eigenvalue weighted by Crippen LogP contribution is 2.39. The van der Waals surface area contributed by atoms with Crippen molar-refractivity contribution in [2.24, 2.45) is 5.92 Å². The molecule has 0 heterocycles. The third-order valence-corrected chi connectivity index (χ3v) is 10.2. The van der Waals surface area contributed by atoms with Crippen molar-refractivity contribution in [1.82, 2.24) is 10.6 Å². The van der Waals surface area contributed by atoms with Crippen LogP contribution in [-0.2, 0) is 33.8 Å². The van der Waals surface area contributed by atoms with E-state index in [0.717, 1.165) is 49.6 Å². The Labute approximate surface area is 234 Å². The van der Waals surface area contributed by atoms with Crippen LogP contribution in [0.4, 0.5) is 13.2 Å². The zero-order chi connectivity index (χ0) is 29.3. The number of aliphatic hydroxyl groups is 1. The molecule has 1 fully saturated rings. The number of carbonyl (C=O) groups is 1. The molecule has 2 aliphatic rings. The summed E-state index contributed by atoms with van der Waals surface area (Å²) in [5.74, 6) is -0.732. The summed E-state index contributed by atoms with van der Waals surface area (Å²) in [7, 11) is -4.13. The molecule has 10 heteroatoms. The van der Waals surface area contributed by atoms with Gasteiger partial charge in [-0.25, -0.2) is 8.42 Å². The summed E-state index contributed by atoms with van der Waals surface area (Å²) in [6, 6.07) is 9.93. The molecule has 6 nitrogen and oxygen atoms in total. The average molecular weight is 581 g/mol. The number of aryl methyl sites for hydroxylation is 1. The summed E-state index contributed by atoms with van der Waals surface area (Å²) in [5, 5.41) is 15.8. The van der Waals surface area contributed by atoms with E-state index in [2.05, 4.69) is 49.6 Å². The molecule has 4 atom stereocenters. The van der Waals surface area contributed by atoms with Gasteiger partial charge in [-0.1, -0.05) is 24.3 Å². The monoisotopic (exact) mass is 580 g/mol. The van der Waals surface area contributed by atoms with Crippen LogP contribution < -0.4 is 10.6 Å². The molecule has 0 saturated heterocycles. The van der Waals surface area contributed by atoms with Crippen molar-refractivity contribution in [2.75, 3.05) is 0 Å². The molecule has 2 aromatic carbocycles. The van der Waals surface area contributed by atoms with E-state index in [1.165, 1.54) is 11.1 Å². The number of amides is 1. The molecule has 0 bridgehead atoms. The van der Waals surface area contributed by atoms with Gasteiger partial charge in [-0.15, -0.1) is 0 Å². The second kappa shape index (κ2) is 11.8. The fraction of sp³-hybridized carbons (Fsp3) is 0.567. The number of carbonyl (C=O) groups excluding carboxylic acids is 1. The average Bonchev–Trinajstić information content (AvgIpc) is 3.27. The van der Waals surface area contributed by atoms with E-state index in [0.29, 0.717) is 6.07 Å². The van der Waals surface area contributed by atoms with E-state index in [9.17, 15) is 31.5 Å². The van der Waals surface area contributed by atoms with E-state index in [4.69, 9.17) is 0 Å². The van der Waals surface area contributed by atoms with E-state index in [1.54, 1.807) is 0 Å². The molecule has 1 unspecified atom stereocenters. The van der Waals surface area contributed by atoms with E-state index in [1.807, 2.05) is 0 Å². The van der Waals surface area contributed by atoms with E-state index < -0.39 is 43.7 Å². The highest BCUT2D eigenvalue weighted by Gasteiger charge is 2.43. The van der Waals surface area contributed by atoms with Crippen LogP contribution in [0.5, 0.6) is 0 Å². The second-order valence-electron chi connectivity index (χ2n) is 12.2. The highest BCUT2D eigenvalue weighted by molar-refractivity contribution is 7.92. The molecule has 2 aromatic rings. The lowest BCUT2D eigenvalue weighted by Gasteiger charge is -2.28. The minimum Gasteiger partial charge on any atom is -0.393 e. The van der Waals surface area contributed by atoms with E-state index in [-0.39, 0.29) is 43.2 Å². The van der Waals surface area contributed by atoms with Crippen molar-refractivity contribution in [2.45, 2.75) is 106 Å². The Bertz CT molecular complexity index is 1320. The molecule has 0 aromatic heterocycles. The molecule has 2 aliphatic carbocycles. The van der Waals surface area contributed by atoms with Crippen LogP contribution in [-0.4, -0.2) is 36.3 Å². The van der Waals surface area contributed by atoms with Crippen LogP contribution in [0.2, 0.25) is 0 Å². The van der Waals surface area contributed by atoms with Gasteiger partial charge in [0, 0.05) is 18.5 Å². The quantitative estimate of drug-likeness (QED) is 0.384. The molecule has 1 amide bonds. The van der Waals surface area contributed by atoms with Gasteiger partial charge in [-0.05, 0) is 100 Å². The molecule has 0 radical (unpaired) electrons. The third kappa shape index (κ3) is 7.44. The van der Waals surface area contributed by atoms with Crippen molar-refractivity contribution >= 4 is 15.7 Å². The highest BCUT2D eigenvalue weighted by atomic mass is 32.2. The zero-order valence-corrected chi connectivity index (χ0v) is 24.0. The number of hydrogen-bond acceptors (Lipinski definition) is 5. The molecule has 220 valence electrons. The van der Waals surface area contributed by atoms with Gasteiger partial charge in [0.1, 0.15) is 0 Å². The number of fused-ring (bicyclic) bond motifs is 1. The van der Waals surface area contributed by atoms with Gasteiger partial charge in [-0.3, -0.25) is 4.79 Å². The fourth-order valence-corrected chi connectivity index (χ4v) is 7.98. The maximum Gasteiger partial charge on any atom is 0.416 e. The number of alkyl halides is 3. The lowest BCUT2D eigenvalue weighted by molar-refractivity contribution is -0.137. The first-order valence-electron chi connectivity index (χ1n) is 13.9. The smallest absolute Gasteiger partial charge is 0.393 e. The molecule has 4 rings (SSSR count). The number of rotatable bonds is 8. The Morgan fingerprint density at radius 1 is 1.07 bits per heavy atom. The lowest BCUT2D eigenvalue weighted by atomic mass is 9.86. The first-order valence-corrected chi connectivity index (χ1v) is 15.4. The number of halogens is 3. The minimum absolute atomic E-state index is 0.00716. The van der Waals surface area contributed by atoms with Crippen LogP contribution in [0.25, 0.3) is 0 Å². The molecular weight excluding hydrogens is 541 g/mol. The maximum atomic E-state index is 13.3. The Morgan fingerprint density at radius 3 is 2.52 bits per heavy atom. The Morgan fingerprint density at radius 2 is 1.82 bits per heavy atom. The molecule has 3 N–H and O–H groups in total. The van der Waals surface area contributed by atoms with Gasteiger partial charge in [-0.2, -0.15) is 13.2 Å². The lowest BCUT2D eigenvalue weighted by Crippen LogP contribution is -2.35. The Kier molecular flexibility index (Phi) is 9.02. The van der Waals surface area contributed by atoms with Crippen molar-refractivity contribution in [1.29, 1.82) is 0 Å². The normalized spacial score (nSPS) is 23.6. The fourth-order valence-electron chi connectivity index (χ4n) is 5.84. The molecule has 1 saturated carbocycles. The SMILES string of the molecule is CC(C)(C)NCc1ccc2c(c1)CCC[C@H]2NC(=O)CC[C@@H]1C[C@@H](O)CC1S(=O)(=O)c1cccc(C(F)(F)F)c1. The van der Waals surface area contributed by atoms with Gasteiger partial charge in [0.25, 0.3) is 0 Å². The van der Waals surface area contributed by atoms with Crippen molar-refractivity contribution in [3.8, 4) is 0 Å². The number of aliphatic hydroxyl groups excluding tert-OH is 1. The number of sulfone groups is 1. The molecule has 0 spiro atoms. The Hall–Kier alpha value is -2.43. The minimum atomic E-state index is -4.67. The summed E-state index contributed by atoms with van der Waals surface area (Å²) in [6.07, 6.45) is -2.42. The van der Waals surface area contributed by atoms with Crippen molar-refractivity contribution in [3.63, 3.8) is 0 Å². The summed E-state index contributed by atoms with van der Waals surface area (Å²) < 4.78 is 66.2. The zero-order valence-electron chi connectivity index (χ0n) is 23.2. The van der Waals surface area contributed by atoms with Crippen LogP contribution in [0, 0.1) is 5.92 Å². The molecular formula is C30H39F3N2O4S. The van der Waals surface area contributed by atoms with Gasteiger partial charge >= 0.3 is 6.18 Å². The summed E-state index contributed by atoms with van der Waals surface area (Å²) >= 11 is 0. The summed E-state index contributed by atoms with van der Waals surface area (Å²) in [5.41, 5.74) is 2.48. The van der Waals surface area contributed by atoms with Crippen LogP contribution in [0.15, 0.2) is 47.4 Å². The standard InChI is InChI=1S/C30H39F3N2O4S/c1-29(2,3)34-18-19-10-12-25-20(14-19)6-4-9-26(25)35-28(37)13-11-21-15-23(36)17-27(21)40(38,39)24-8-5-7-22(16-24)30(31,32)33/h5,7-8,10,12,14,16,21,23,26-27,34,36H,4,6,9,11,13,15,17-18H2,1-3H3,(H,35,37)/t21-,23-,26-,27?/m1/s1. The van der Waals surface area contributed by atoms with Crippen molar-refractivity contribution in [3.05, 3.63) is 64.7 Å². The molecule has 40 heavy (non-hydrogen) atoms. The van der Waals surface area contributed by atoms with Gasteiger partial charge in [0.2, 0.25) is 5.91 Å². The Balaban J connectivity index is 1.40. The molecule has 0 aliphatic heterocycles. The largest absolute Gasteiger partial charge is 0.416 e. The van der Waals surface area contributed by atoms with Crippen LogP contribution >= 0.6 is 0 Å². The summed E-state index contributed by atoms with van der Waals surface area (Å²) in [4.78, 5) is 12.6. The topological polar surface area (TPSA) is 95.5 Å². The number of nitrogens with one attached hydrogen (secondary N) is 2. The maximum absolute atomic E-state index is 13.3. The predicted octanol–water partition coefficient (Wildman–Crippen LogP) is 5.48. The van der Waals surface area contributed by atoms with Gasteiger partial charge < -0.3 is 15.7 Å². The second-order valence-corrected chi connectivity index (χ2v) is 14.3. The first-order chi connectivity index (χ1) is 18.6. The van der Waals surface area contributed by atoms with Crippen molar-refractivity contribution < 1.29 is 31.5 Å². The number of benzene rings is 2. The van der Waals surface area contributed by atoms with Crippen LogP contribution in [0.1, 0.15) is 87.6 Å².